The van der Waals surface area contributed by atoms with E-state index in [0.717, 1.165) is 29.3 Å². The second-order valence-corrected chi connectivity index (χ2v) is 5.84. The third-order valence-electron chi connectivity index (χ3n) is 3.24. The standard InChI is InChI=1S/C14H15FN4S/c1-8-12(19-16)17-13(9-6-7-9)18-14(8)20-11-5-3-2-4-10(11)15/h2-5,9H,6-7,16H2,1H3,(H,17,18,19). The molecule has 0 bridgehead atoms. The number of nitrogens with two attached hydrogens (primary N) is 1. The zero-order chi connectivity index (χ0) is 14.1. The molecule has 1 heterocycles. The van der Waals surface area contributed by atoms with E-state index in [1.807, 2.05) is 13.0 Å². The average molecular weight is 290 g/mol. The van der Waals surface area contributed by atoms with E-state index < -0.39 is 0 Å². The summed E-state index contributed by atoms with van der Waals surface area (Å²) in [6.45, 7) is 1.88. The van der Waals surface area contributed by atoms with Gasteiger partial charge in [0.15, 0.2) is 0 Å². The molecule has 6 heteroatoms. The SMILES string of the molecule is Cc1c(NN)nc(C2CC2)nc1Sc1ccccc1F. The number of hydrogen-bond acceptors (Lipinski definition) is 5. The number of hydrazine groups is 1. The van der Waals surface area contributed by atoms with Crippen molar-refractivity contribution in [3.63, 3.8) is 0 Å². The minimum Gasteiger partial charge on any atom is -0.308 e. The summed E-state index contributed by atoms with van der Waals surface area (Å²) < 4.78 is 13.8. The molecule has 3 rings (SSSR count). The van der Waals surface area contributed by atoms with Crippen LogP contribution in [-0.2, 0) is 0 Å². The molecular formula is C14H15FN4S. The van der Waals surface area contributed by atoms with E-state index in [0.29, 0.717) is 16.6 Å². The van der Waals surface area contributed by atoms with Gasteiger partial charge in [-0.25, -0.2) is 20.2 Å². The Morgan fingerprint density at radius 2 is 2.05 bits per heavy atom. The first-order valence-electron chi connectivity index (χ1n) is 6.46. The Labute approximate surface area is 121 Å². The van der Waals surface area contributed by atoms with Crippen LogP contribution in [0.5, 0.6) is 0 Å². The van der Waals surface area contributed by atoms with Crippen LogP contribution in [0, 0.1) is 12.7 Å². The number of aromatic nitrogens is 2. The van der Waals surface area contributed by atoms with Crippen LogP contribution in [0.3, 0.4) is 0 Å². The van der Waals surface area contributed by atoms with Gasteiger partial charge >= 0.3 is 0 Å². The molecule has 0 saturated heterocycles. The minimum absolute atomic E-state index is 0.245. The zero-order valence-electron chi connectivity index (χ0n) is 11.1. The molecule has 1 saturated carbocycles. The molecule has 4 nitrogen and oxygen atoms in total. The van der Waals surface area contributed by atoms with Gasteiger partial charge in [0.1, 0.15) is 22.5 Å². The number of nitrogens with one attached hydrogen (secondary N) is 1. The first kappa shape index (κ1) is 13.3. The average Bonchev–Trinajstić information content (AvgIpc) is 3.28. The molecule has 0 amide bonds. The van der Waals surface area contributed by atoms with Gasteiger partial charge in [0.2, 0.25) is 0 Å². The maximum absolute atomic E-state index is 13.8. The lowest BCUT2D eigenvalue weighted by Gasteiger charge is -2.11. The van der Waals surface area contributed by atoms with Gasteiger partial charge < -0.3 is 5.43 Å². The van der Waals surface area contributed by atoms with E-state index in [-0.39, 0.29) is 5.82 Å². The van der Waals surface area contributed by atoms with Gasteiger partial charge in [-0.1, -0.05) is 23.9 Å². The van der Waals surface area contributed by atoms with Crippen molar-refractivity contribution in [2.45, 2.75) is 35.6 Å². The molecule has 1 aromatic carbocycles. The Morgan fingerprint density at radius 3 is 2.70 bits per heavy atom. The predicted octanol–water partition coefficient (Wildman–Crippen LogP) is 3.24. The van der Waals surface area contributed by atoms with E-state index in [2.05, 4.69) is 15.4 Å². The normalized spacial score (nSPS) is 14.3. The summed E-state index contributed by atoms with van der Waals surface area (Å²) in [5.41, 5.74) is 3.44. The first-order chi connectivity index (χ1) is 9.69. The fraction of sp³-hybridized carbons (Fsp3) is 0.286. The van der Waals surface area contributed by atoms with Crippen molar-refractivity contribution in [1.82, 2.24) is 9.97 Å². The van der Waals surface area contributed by atoms with E-state index in [1.165, 1.54) is 17.8 Å². The van der Waals surface area contributed by atoms with E-state index in [9.17, 15) is 4.39 Å². The van der Waals surface area contributed by atoms with Gasteiger partial charge in [0, 0.05) is 16.4 Å². The lowest BCUT2D eigenvalue weighted by atomic mass is 10.3. The van der Waals surface area contributed by atoms with Crippen molar-refractivity contribution in [2.24, 2.45) is 5.84 Å². The molecular weight excluding hydrogens is 275 g/mol. The van der Waals surface area contributed by atoms with Crippen molar-refractivity contribution >= 4 is 17.6 Å². The van der Waals surface area contributed by atoms with Crippen LogP contribution in [0.2, 0.25) is 0 Å². The first-order valence-corrected chi connectivity index (χ1v) is 7.28. The highest BCUT2D eigenvalue weighted by atomic mass is 32.2. The van der Waals surface area contributed by atoms with Crippen molar-refractivity contribution in [3.05, 3.63) is 41.5 Å². The summed E-state index contributed by atoms with van der Waals surface area (Å²) in [4.78, 5) is 9.55. The monoisotopic (exact) mass is 290 g/mol. The van der Waals surface area contributed by atoms with Gasteiger partial charge in [0.25, 0.3) is 0 Å². The van der Waals surface area contributed by atoms with Crippen LogP contribution in [0.25, 0.3) is 0 Å². The zero-order valence-corrected chi connectivity index (χ0v) is 11.9. The number of hydrogen-bond donors (Lipinski definition) is 2. The molecule has 0 aliphatic heterocycles. The number of anilines is 1. The fourth-order valence-electron chi connectivity index (χ4n) is 1.91. The molecule has 0 radical (unpaired) electrons. The van der Waals surface area contributed by atoms with Crippen LogP contribution >= 0.6 is 11.8 Å². The minimum atomic E-state index is -0.245. The molecule has 1 fully saturated rings. The predicted molar refractivity (Wildman–Crippen MR) is 77.1 cm³/mol. The molecule has 3 N–H and O–H groups in total. The Hall–Kier alpha value is -1.66. The van der Waals surface area contributed by atoms with Crippen molar-refractivity contribution in [1.29, 1.82) is 0 Å². The lowest BCUT2D eigenvalue weighted by molar-refractivity contribution is 0.602. The van der Waals surface area contributed by atoms with Gasteiger partial charge in [-0.15, -0.1) is 0 Å². The summed E-state index contributed by atoms with van der Waals surface area (Å²) in [5.74, 6) is 7.09. The van der Waals surface area contributed by atoms with Crippen LogP contribution in [0.1, 0.15) is 30.1 Å². The van der Waals surface area contributed by atoms with Gasteiger partial charge in [0.05, 0.1) is 0 Å². The molecule has 20 heavy (non-hydrogen) atoms. The molecule has 2 aromatic rings. The summed E-state index contributed by atoms with van der Waals surface area (Å²) in [6, 6.07) is 6.68. The topological polar surface area (TPSA) is 63.8 Å². The van der Waals surface area contributed by atoms with Gasteiger partial charge in [-0.2, -0.15) is 0 Å². The molecule has 0 unspecified atom stereocenters. The highest BCUT2D eigenvalue weighted by Crippen LogP contribution is 2.41. The second-order valence-electron chi connectivity index (χ2n) is 4.81. The number of nitrogen functional groups attached to an aromatic ring is 1. The Bertz CT molecular complexity index is 643. The lowest BCUT2D eigenvalue weighted by Crippen LogP contribution is -2.13. The Kier molecular flexibility index (Phi) is 3.58. The van der Waals surface area contributed by atoms with Crippen molar-refractivity contribution in [3.8, 4) is 0 Å². The maximum atomic E-state index is 13.8. The Morgan fingerprint density at radius 1 is 1.30 bits per heavy atom. The van der Waals surface area contributed by atoms with E-state index in [1.54, 1.807) is 12.1 Å². The van der Waals surface area contributed by atoms with Gasteiger partial charge in [-0.05, 0) is 31.9 Å². The molecule has 104 valence electrons. The smallest absolute Gasteiger partial charge is 0.147 e. The maximum Gasteiger partial charge on any atom is 0.147 e. The number of nitrogens with zero attached hydrogens (tertiary/aromatic N) is 2. The van der Waals surface area contributed by atoms with Crippen LogP contribution in [-0.4, -0.2) is 9.97 Å². The fourth-order valence-corrected chi connectivity index (χ4v) is 2.82. The molecule has 1 aliphatic carbocycles. The number of rotatable bonds is 4. The third kappa shape index (κ3) is 2.62. The van der Waals surface area contributed by atoms with E-state index in [4.69, 9.17) is 5.84 Å². The molecule has 1 aliphatic rings. The van der Waals surface area contributed by atoms with Gasteiger partial charge in [-0.3, -0.25) is 0 Å². The largest absolute Gasteiger partial charge is 0.308 e. The third-order valence-corrected chi connectivity index (χ3v) is 4.38. The number of benzene rings is 1. The second kappa shape index (κ2) is 5.38. The highest BCUT2D eigenvalue weighted by Gasteiger charge is 2.28. The summed E-state index contributed by atoms with van der Waals surface area (Å²) in [5, 5.41) is 0.750. The van der Waals surface area contributed by atoms with Crippen LogP contribution in [0.4, 0.5) is 10.2 Å². The van der Waals surface area contributed by atoms with Crippen molar-refractivity contribution < 1.29 is 4.39 Å². The molecule has 1 aromatic heterocycles. The summed E-state index contributed by atoms with van der Waals surface area (Å²) in [7, 11) is 0. The highest BCUT2D eigenvalue weighted by molar-refractivity contribution is 7.99. The number of halogens is 1. The summed E-state index contributed by atoms with van der Waals surface area (Å²) >= 11 is 1.31. The molecule has 0 spiro atoms. The van der Waals surface area contributed by atoms with Crippen molar-refractivity contribution in [2.75, 3.05) is 5.43 Å². The van der Waals surface area contributed by atoms with Crippen LogP contribution in [0.15, 0.2) is 34.2 Å². The van der Waals surface area contributed by atoms with Crippen LogP contribution < -0.4 is 11.3 Å². The Balaban J connectivity index is 1.99. The quantitative estimate of drug-likeness (QED) is 0.514. The summed E-state index contributed by atoms with van der Waals surface area (Å²) in [6.07, 6.45) is 2.22. The molecule has 0 atom stereocenters. The van der Waals surface area contributed by atoms with E-state index >= 15 is 0 Å².